The summed E-state index contributed by atoms with van der Waals surface area (Å²) >= 11 is 5.60. The molecule has 0 aromatic heterocycles. The van der Waals surface area contributed by atoms with Gasteiger partial charge in [-0.1, -0.05) is 48.5 Å². The maximum atomic E-state index is 5.60. The van der Waals surface area contributed by atoms with E-state index in [0.717, 1.165) is 23.8 Å². The number of anilines is 1. The zero-order valence-corrected chi connectivity index (χ0v) is 12.9. The molecule has 0 radical (unpaired) electrons. The van der Waals surface area contributed by atoms with E-state index in [-0.39, 0.29) is 0 Å². The Morgan fingerprint density at radius 1 is 1.05 bits per heavy atom. The van der Waals surface area contributed by atoms with Crippen molar-refractivity contribution < 1.29 is 0 Å². The van der Waals surface area contributed by atoms with Gasteiger partial charge in [0, 0.05) is 18.3 Å². The molecule has 1 aliphatic rings. The van der Waals surface area contributed by atoms with Crippen molar-refractivity contribution in [2.24, 2.45) is 0 Å². The average molecular weight is 296 g/mol. The van der Waals surface area contributed by atoms with E-state index in [0.29, 0.717) is 6.04 Å². The topological polar surface area (TPSA) is 15.3 Å². The van der Waals surface area contributed by atoms with Crippen LogP contribution in [0.5, 0.6) is 0 Å². The second-order valence-corrected chi connectivity index (χ2v) is 5.86. The minimum atomic E-state index is 0.510. The number of nitrogens with zero attached hydrogens (tertiary/aromatic N) is 1. The minimum Gasteiger partial charge on any atom is -0.346 e. The molecule has 108 valence electrons. The van der Waals surface area contributed by atoms with Crippen LogP contribution in [0.3, 0.4) is 0 Å². The summed E-state index contributed by atoms with van der Waals surface area (Å²) in [6.07, 6.45) is 3.50. The van der Waals surface area contributed by atoms with Gasteiger partial charge in [0.15, 0.2) is 5.11 Å². The van der Waals surface area contributed by atoms with Crippen molar-refractivity contribution in [1.82, 2.24) is 4.90 Å². The van der Waals surface area contributed by atoms with Gasteiger partial charge in [-0.25, -0.2) is 0 Å². The van der Waals surface area contributed by atoms with Crippen LogP contribution in [0.25, 0.3) is 0 Å². The van der Waals surface area contributed by atoms with E-state index in [2.05, 4.69) is 52.7 Å². The number of thiocarbonyl (C=S) groups is 1. The van der Waals surface area contributed by atoms with Gasteiger partial charge in [-0.15, -0.1) is 0 Å². The highest BCUT2D eigenvalue weighted by molar-refractivity contribution is 7.80. The lowest BCUT2D eigenvalue weighted by atomic mass is 10.0. The van der Waals surface area contributed by atoms with E-state index in [1.54, 1.807) is 0 Å². The first-order chi connectivity index (χ1) is 10.3. The molecule has 0 amide bonds. The van der Waals surface area contributed by atoms with Crippen molar-refractivity contribution in [3.05, 3.63) is 66.2 Å². The van der Waals surface area contributed by atoms with Gasteiger partial charge in [0.05, 0.1) is 0 Å². The molecule has 1 atom stereocenters. The fraction of sp³-hybridized carbons (Fsp3) is 0.278. The number of benzene rings is 2. The summed E-state index contributed by atoms with van der Waals surface area (Å²) in [5.41, 5.74) is 2.45. The standard InChI is InChI=1S/C18H20N2S/c21-18(19-16-10-5-2-6-11-16)20-13-7-12-17(20)14-15-8-3-1-4-9-15/h1-6,8-11,17H,7,12-14H2,(H,19,21). The van der Waals surface area contributed by atoms with Gasteiger partial charge in [0.1, 0.15) is 0 Å². The van der Waals surface area contributed by atoms with E-state index in [4.69, 9.17) is 12.2 Å². The summed E-state index contributed by atoms with van der Waals surface area (Å²) in [5, 5.41) is 4.20. The van der Waals surface area contributed by atoms with Crippen LogP contribution in [0.2, 0.25) is 0 Å². The summed E-state index contributed by atoms with van der Waals surface area (Å²) in [7, 11) is 0. The average Bonchev–Trinajstić information content (AvgIpc) is 2.97. The fourth-order valence-corrected chi connectivity index (χ4v) is 3.28. The van der Waals surface area contributed by atoms with Gasteiger partial charge in [-0.05, 0) is 49.2 Å². The first-order valence-electron chi connectivity index (χ1n) is 7.49. The number of nitrogens with one attached hydrogen (secondary N) is 1. The first-order valence-corrected chi connectivity index (χ1v) is 7.90. The van der Waals surface area contributed by atoms with Crippen LogP contribution in [0.4, 0.5) is 5.69 Å². The third-order valence-corrected chi connectivity index (χ3v) is 4.31. The van der Waals surface area contributed by atoms with Crippen LogP contribution in [-0.2, 0) is 6.42 Å². The Hall–Kier alpha value is -1.87. The SMILES string of the molecule is S=C(Nc1ccccc1)N1CCCC1Cc1ccccc1. The number of para-hydroxylation sites is 1. The third kappa shape index (κ3) is 3.61. The fourth-order valence-electron chi connectivity index (χ4n) is 2.92. The maximum Gasteiger partial charge on any atom is 0.173 e. The molecule has 2 aromatic rings. The maximum absolute atomic E-state index is 5.60. The van der Waals surface area contributed by atoms with E-state index < -0.39 is 0 Å². The molecule has 0 saturated carbocycles. The van der Waals surface area contributed by atoms with Crippen LogP contribution in [0, 0.1) is 0 Å². The highest BCUT2D eigenvalue weighted by Crippen LogP contribution is 2.22. The van der Waals surface area contributed by atoms with Gasteiger partial charge in [-0.3, -0.25) is 0 Å². The molecule has 2 nitrogen and oxygen atoms in total. The Morgan fingerprint density at radius 2 is 1.71 bits per heavy atom. The third-order valence-electron chi connectivity index (χ3n) is 3.98. The van der Waals surface area contributed by atoms with Crippen molar-refractivity contribution in [3.8, 4) is 0 Å². The summed E-state index contributed by atoms with van der Waals surface area (Å²) in [4.78, 5) is 2.34. The molecule has 0 aliphatic carbocycles. The lowest BCUT2D eigenvalue weighted by Gasteiger charge is -2.27. The van der Waals surface area contributed by atoms with E-state index in [1.165, 1.54) is 18.4 Å². The van der Waals surface area contributed by atoms with Gasteiger partial charge in [-0.2, -0.15) is 0 Å². The molecule has 2 aromatic carbocycles. The van der Waals surface area contributed by atoms with Crippen molar-refractivity contribution in [3.63, 3.8) is 0 Å². The largest absolute Gasteiger partial charge is 0.346 e. The summed E-state index contributed by atoms with van der Waals surface area (Å²) in [5.74, 6) is 0. The molecule has 1 unspecified atom stereocenters. The lowest BCUT2D eigenvalue weighted by molar-refractivity contribution is 0.392. The van der Waals surface area contributed by atoms with Crippen molar-refractivity contribution in [1.29, 1.82) is 0 Å². The summed E-state index contributed by atoms with van der Waals surface area (Å²) in [6, 6.07) is 21.4. The van der Waals surface area contributed by atoms with E-state index >= 15 is 0 Å². The predicted molar refractivity (Wildman–Crippen MR) is 92.5 cm³/mol. The summed E-state index contributed by atoms with van der Waals surface area (Å²) in [6.45, 7) is 1.05. The van der Waals surface area contributed by atoms with E-state index in [1.807, 2.05) is 18.2 Å². The molecule has 0 spiro atoms. The second-order valence-electron chi connectivity index (χ2n) is 5.48. The zero-order valence-electron chi connectivity index (χ0n) is 12.0. The molecule has 0 bridgehead atoms. The molecule has 1 N–H and O–H groups in total. The molecule has 3 heteroatoms. The molecule has 1 aliphatic heterocycles. The lowest BCUT2D eigenvalue weighted by Crippen LogP contribution is -2.39. The van der Waals surface area contributed by atoms with Crippen molar-refractivity contribution in [2.75, 3.05) is 11.9 Å². The number of hydrogen-bond acceptors (Lipinski definition) is 1. The predicted octanol–water partition coefficient (Wildman–Crippen LogP) is 4.09. The highest BCUT2D eigenvalue weighted by Gasteiger charge is 2.26. The smallest absolute Gasteiger partial charge is 0.173 e. The zero-order chi connectivity index (χ0) is 14.5. The molecule has 1 heterocycles. The van der Waals surface area contributed by atoms with E-state index in [9.17, 15) is 0 Å². The van der Waals surface area contributed by atoms with Gasteiger partial charge in [0.2, 0.25) is 0 Å². The van der Waals surface area contributed by atoms with Gasteiger partial charge < -0.3 is 10.2 Å². The molecule has 1 saturated heterocycles. The Labute approximate surface area is 131 Å². The highest BCUT2D eigenvalue weighted by atomic mass is 32.1. The van der Waals surface area contributed by atoms with Crippen LogP contribution in [-0.4, -0.2) is 22.6 Å². The number of rotatable bonds is 3. The Balaban J connectivity index is 1.65. The van der Waals surface area contributed by atoms with Crippen LogP contribution < -0.4 is 5.32 Å². The Bertz CT molecular complexity index is 583. The van der Waals surface area contributed by atoms with Gasteiger partial charge >= 0.3 is 0 Å². The van der Waals surface area contributed by atoms with Crippen LogP contribution in [0.1, 0.15) is 18.4 Å². The molecule has 3 rings (SSSR count). The molecular formula is C18H20N2S. The quantitative estimate of drug-likeness (QED) is 0.859. The van der Waals surface area contributed by atoms with Crippen LogP contribution in [0.15, 0.2) is 60.7 Å². The normalized spacial score (nSPS) is 17.7. The second kappa shape index (κ2) is 6.72. The summed E-state index contributed by atoms with van der Waals surface area (Å²) < 4.78 is 0. The number of hydrogen-bond donors (Lipinski definition) is 1. The van der Waals surface area contributed by atoms with Crippen LogP contribution >= 0.6 is 12.2 Å². The molecule has 21 heavy (non-hydrogen) atoms. The molecule has 1 fully saturated rings. The number of likely N-dealkylation sites (tertiary alicyclic amines) is 1. The van der Waals surface area contributed by atoms with Crippen molar-refractivity contribution in [2.45, 2.75) is 25.3 Å². The Morgan fingerprint density at radius 3 is 2.43 bits per heavy atom. The monoisotopic (exact) mass is 296 g/mol. The minimum absolute atomic E-state index is 0.510. The first kappa shape index (κ1) is 14.1. The van der Waals surface area contributed by atoms with Crippen molar-refractivity contribution >= 4 is 23.0 Å². The Kier molecular flexibility index (Phi) is 4.51. The van der Waals surface area contributed by atoms with Gasteiger partial charge in [0.25, 0.3) is 0 Å². The molecular weight excluding hydrogens is 276 g/mol.